The molecule has 4 rings (SSSR count). The minimum Gasteiger partial charge on any atom is -0.378 e. The lowest BCUT2D eigenvalue weighted by atomic mass is 9.99. The van der Waals surface area contributed by atoms with Gasteiger partial charge < -0.3 is 10.1 Å². The summed E-state index contributed by atoms with van der Waals surface area (Å²) in [7, 11) is 0. The lowest BCUT2D eigenvalue weighted by Crippen LogP contribution is -2.35. The van der Waals surface area contributed by atoms with Crippen molar-refractivity contribution in [3.05, 3.63) is 69.8 Å². The molecule has 0 radical (unpaired) electrons. The highest BCUT2D eigenvalue weighted by Gasteiger charge is 2.36. The minimum atomic E-state index is -0.429. The molecular formula is C21H22N2O4. The summed E-state index contributed by atoms with van der Waals surface area (Å²) in [5, 5.41) is 14.9. The Morgan fingerprint density at radius 3 is 2.56 bits per heavy atom. The number of benzene rings is 2. The van der Waals surface area contributed by atoms with Crippen LogP contribution < -0.4 is 5.32 Å². The van der Waals surface area contributed by atoms with Gasteiger partial charge in [0.1, 0.15) is 5.69 Å². The molecule has 2 atom stereocenters. The van der Waals surface area contributed by atoms with Crippen LogP contribution in [0.2, 0.25) is 0 Å². The number of hydrogen-bond donors (Lipinski definition) is 1. The fraction of sp³-hybridized carbons (Fsp3) is 0.381. The molecule has 1 heterocycles. The first kappa shape index (κ1) is 17.7. The van der Waals surface area contributed by atoms with Crippen LogP contribution in [0.3, 0.4) is 0 Å². The molecule has 0 bridgehead atoms. The van der Waals surface area contributed by atoms with Crippen molar-refractivity contribution in [3.8, 4) is 0 Å². The number of nitro groups is 1. The number of ketones is 1. The molecular weight excluding hydrogens is 344 g/mol. The zero-order chi connectivity index (χ0) is 18.8. The van der Waals surface area contributed by atoms with Crippen LogP contribution >= 0.6 is 0 Å². The summed E-state index contributed by atoms with van der Waals surface area (Å²) in [6.07, 6.45) is 4.38. The molecule has 0 aromatic heterocycles. The number of nitrogens with zero attached hydrogens (tertiary/aromatic N) is 1. The molecule has 2 aromatic rings. The van der Waals surface area contributed by atoms with E-state index >= 15 is 0 Å². The van der Waals surface area contributed by atoms with E-state index in [1.54, 1.807) is 36.4 Å². The number of ether oxygens (including phenoxy) is 1. The Morgan fingerprint density at radius 2 is 1.85 bits per heavy atom. The van der Waals surface area contributed by atoms with Crippen LogP contribution in [-0.2, 0) is 4.74 Å². The monoisotopic (exact) mass is 366 g/mol. The maximum atomic E-state index is 12.6. The van der Waals surface area contributed by atoms with E-state index in [-0.39, 0.29) is 23.6 Å². The first-order valence-corrected chi connectivity index (χ1v) is 9.38. The summed E-state index contributed by atoms with van der Waals surface area (Å²) in [5.41, 5.74) is 1.24. The molecule has 27 heavy (non-hydrogen) atoms. The SMILES string of the molecule is O=C(c1ccccc1)c1ccc(NC2CCOC(C3CC3)C2)c([N+](=O)[O-])c1. The van der Waals surface area contributed by atoms with Crippen LogP contribution in [0.1, 0.15) is 41.6 Å². The van der Waals surface area contributed by atoms with Gasteiger partial charge in [-0.05, 0) is 43.7 Å². The van der Waals surface area contributed by atoms with E-state index in [9.17, 15) is 14.9 Å². The molecule has 1 N–H and O–H groups in total. The first-order chi connectivity index (χ1) is 13.1. The Labute approximate surface area is 157 Å². The fourth-order valence-electron chi connectivity index (χ4n) is 3.68. The minimum absolute atomic E-state index is 0.0637. The molecule has 2 aromatic carbocycles. The average molecular weight is 366 g/mol. The van der Waals surface area contributed by atoms with Gasteiger partial charge in [-0.3, -0.25) is 14.9 Å². The fourth-order valence-corrected chi connectivity index (χ4v) is 3.68. The highest BCUT2D eigenvalue weighted by molar-refractivity contribution is 6.09. The zero-order valence-electron chi connectivity index (χ0n) is 15.0. The summed E-state index contributed by atoms with van der Waals surface area (Å²) >= 11 is 0. The predicted octanol–water partition coefficient (Wildman–Crippen LogP) is 4.20. The number of anilines is 1. The maximum absolute atomic E-state index is 12.6. The van der Waals surface area contributed by atoms with Crippen LogP contribution in [0.15, 0.2) is 48.5 Å². The molecule has 0 spiro atoms. The number of carbonyl (C=O) groups excluding carboxylic acids is 1. The molecule has 1 aliphatic heterocycles. The highest BCUT2D eigenvalue weighted by Crippen LogP contribution is 2.39. The average Bonchev–Trinajstić information content (AvgIpc) is 3.54. The van der Waals surface area contributed by atoms with Gasteiger partial charge in [-0.1, -0.05) is 30.3 Å². The van der Waals surface area contributed by atoms with Crippen molar-refractivity contribution in [2.75, 3.05) is 11.9 Å². The van der Waals surface area contributed by atoms with Crippen molar-refractivity contribution in [2.24, 2.45) is 5.92 Å². The number of carbonyl (C=O) groups is 1. The van der Waals surface area contributed by atoms with Crippen LogP contribution in [-0.4, -0.2) is 29.5 Å². The van der Waals surface area contributed by atoms with Gasteiger partial charge in [0, 0.05) is 29.8 Å². The van der Waals surface area contributed by atoms with Crippen molar-refractivity contribution in [3.63, 3.8) is 0 Å². The summed E-state index contributed by atoms with van der Waals surface area (Å²) in [6.45, 7) is 0.678. The number of hydrogen-bond acceptors (Lipinski definition) is 5. The highest BCUT2D eigenvalue weighted by atomic mass is 16.6. The second-order valence-electron chi connectivity index (χ2n) is 7.30. The number of rotatable bonds is 6. The largest absolute Gasteiger partial charge is 0.378 e. The third-order valence-electron chi connectivity index (χ3n) is 5.32. The Morgan fingerprint density at radius 1 is 1.07 bits per heavy atom. The summed E-state index contributed by atoms with van der Waals surface area (Å²) in [4.78, 5) is 23.7. The van der Waals surface area contributed by atoms with Gasteiger partial charge in [0.05, 0.1) is 11.0 Å². The second-order valence-corrected chi connectivity index (χ2v) is 7.30. The Balaban J connectivity index is 1.54. The summed E-state index contributed by atoms with van der Waals surface area (Å²) in [5.74, 6) is 0.431. The molecule has 1 saturated heterocycles. The van der Waals surface area contributed by atoms with Gasteiger partial charge in [-0.2, -0.15) is 0 Å². The quantitative estimate of drug-likeness (QED) is 0.471. The Hall–Kier alpha value is -2.73. The van der Waals surface area contributed by atoms with Gasteiger partial charge in [-0.25, -0.2) is 0 Å². The maximum Gasteiger partial charge on any atom is 0.293 e. The van der Waals surface area contributed by atoms with E-state index in [1.807, 2.05) is 6.07 Å². The molecule has 0 amide bonds. The molecule has 140 valence electrons. The lowest BCUT2D eigenvalue weighted by molar-refractivity contribution is -0.384. The third kappa shape index (κ3) is 4.01. The molecule has 2 aliphatic rings. The normalized spacial score (nSPS) is 22.2. The summed E-state index contributed by atoms with van der Waals surface area (Å²) < 4.78 is 5.83. The van der Waals surface area contributed by atoms with E-state index < -0.39 is 4.92 Å². The second kappa shape index (κ2) is 7.48. The van der Waals surface area contributed by atoms with Gasteiger partial charge in [0.15, 0.2) is 5.78 Å². The van der Waals surface area contributed by atoms with Crippen molar-refractivity contribution in [1.82, 2.24) is 0 Å². The first-order valence-electron chi connectivity index (χ1n) is 9.38. The third-order valence-corrected chi connectivity index (χ3v) is 5.32. The molecule has 2 fully saturated rings. The van der Waals surface area contributed by atoms with E-state index in [4.69, 9.17) is 4.74 Å². The van der Waals surface area contributed by atoms with Gasteiger partial charge >= 0.3 is 0 Å². The summed E-state index contributed by atoms with van der Waals surface area (Å²) in [6, 6.07) is 13.6. The van der Waals surface area contributed by atoms with Crippen molar-refractivity contribution in [2.45, 2.75) is 37.8 Å². The predicted molar refractivity (Wildman–Crippen MR) is 102 cm³/mol. The van der Waals surface area contributed by atoms with Crippen molar-refractivity contribution >= 4 is 17.2 Å². The van der Waals surface area contributed by atoms with E-state index in [2.05, 4.69) is 5.32 Å². The van der Waals surface area contributed by atoms with Crippen molar-refractivity contribution < 1.29 is 14.5 Å². The number of nitrogens with one attached hydrogen (secondary N) is 1. The van der Waals surface area contributed by atoms with Gasteiger partial charge in [-0.15, -0.1) is 0 Å². The molecule has 1 saturated carbocycles. The van der Waals surface area contributed by atoms with Gasteiger partial charge in [0.25, 0.3) is 5.69 Å². The molecule has 6 nitrogen and oxygen atoms in total. The Kier molecular flexibility index (Phi) is 4.90. The van der Waals surface area contributed by atoms with Gasteiger partial charge in [0.2, 0.25) is 0 Å². The molecule has 6 heteroatoms. The van der Waals surface area contributed by atoms with Crippen LogP contribution in [0.5, 0.6) is 0 Å². The van der Waals surface area contributed by atoms with E-state index in [0.717, 1.165) is 12.8 Å². The number of nitro benzene ring substituents is 1. The molecule has 2 unspecified atom stereocenters. The zero-order valence-corrected chi connectivity index (χ0v) is 15.0. The lowest BCUT2D eigenvalue weighted by Gasteiger charge is -2.30. The van der Waals surface area contributed by atoms with Crippen LogP contribution in [0.4, 0.5) is 11.4 Å². The van der Waals surface area contributed by atoms with Crippen molar-refractivity contribution in [1.29, 1.82) is 0 Å². The standard InChI is InChI=1S/C21H22N2O4/c24-21(15-4-2-1-3-5-15)16-8-9-18(19(12-16)23(25)26)22-17-10-11-27-20(13-17)14-6-7-14/h1-5,8-9,12,14,17,20,22H,6-7,10-11,13H2. The van der Waals surface area contributed by atoms with E-state index in [1.165, 1.54) is 18.9 Å². The topological polar surface area (TPSA) is 81.5 Å². The van der Waals surface area contributed by atoms with E-state index in [0.29, 0.717) is 29.3 Å². The molecule has 1 aliphatic carbocycles. The van der Waals surface area contributed by atoms with Crippen LogP contribution in [0, 0.1) is 16.0 Å². The van der Waals surface area contributed by atoms with Crippen LogP contribution in [0.25, 0.3) is 0 Å². The Bertz CT molecular complexity index is 849. The smallest absolute Gasteiger partial charge is 0.293 e.